The molecule has 2 aliphatic heterocycles. The summed E-state index contributed by atoms with van der Waals surface area (Å²) in [7, 11) is 0. The van der Waals surface area contributed by atoms with Gasteiger partial charge in [0.1, 0.15) is 0 Å². The van der Waals surface area contributed by atoms with Crippen LogP contribution in [0.5, 0.6) is 0 Å². The zero-order chi connectivity index (χ0) is 14.1. The van der Waals surface area contributed by atoms with Crippen LogP contribution in [0.3, 0.4) is 0 Å². The van der Waals surface area contributed by atoms with Gasteiger partial charge in [-0.05, 0) is 30.9 Å². The van der Waals surface area contributed by atoms with E-state index in [2.05, 4.69) is 29.7 Å². The van der Waals surface area contributed by atoms with Crippen LogP contribution >= 0.6 is 0 Å². The molecule has 4 heterocycles. The Labute approximate surface area is 123 Å². The summed E-state index contributed by atoms with van der Waals surface area (Å²) in [6.07, 6.45) is 9.66. The van der Waals surface area contributed by atoms with Crippen molar-refractivity contribution in [2.24, 2.45) is 5.92 Å². The number of aromatic nitrogens is 4. The molecular formula is C15H18N6. The largest absolute Gasteiger partial charge is 0.339 e. The lowest BCUT2D eigenvalue weighted by atomic mass is 9.92. The summed E-state index contributed by atoms with van der Waals surface area (Å²) in [6.45, 7) is 3.03. The summed E-state index contributed by atoms with van der Waals surface area (Å²) in [4.78, 5) is 22.2. The highest BCUT2D eigenvalue weighted by atomic mass is 15.3. The summed E-state index contributed by atoms with van der Waals surface area (Å²) in [5.74, 6) is 2.41. The summed E-state index contributed by atoms with van der Waals surface area (Å²) in [5, 5.41) is 0. The second-order valence-electron chi connectivity index (χ2n) is 5.64. The summed E-state index contributed by atoms with van der Waals surface area (Å²) >= 11 is 0. The number of nitrogens with zero attached hydrogens (tertiary/aromatic N) is 6. The molecule has 0 aliphatic carbocycles. The van der Waals surface area contributed by atoms with Crippen LogP contribution in [-0.2, 0) is 0 Å². The normalized spacial score (nSPS) is 25.0. The molecule has 6 nitrogen and oxygen atoms in total. The minimum Gasteiger partial charge on any atom is -0.339 e. The van der Waals surface area contributed by atoms with E-state index in [-0.39, 0.29) is 0 Å². The van der Waals surface area contributed by atoms with E-state index in [1.54, 1.807) is 12.4 Å². The third-order valence-corrected chi connectivity index (χ3v) is 4.51. The van der Waals surface area contributed by atoms with Gasteiger partial charge in [0.2, 0.25) is 11.9 Å². The third kappa shape index (κ3) is 2.30. The van der Waals surface area contributed by atoms with Crippen LogP contribution in [-0.4, -0.2) is 45.6 Å². The van der Waals surface area contributed by atoms with Crippen LogP contribution in [0.25, 0.3) is 0 Å². The number of rotatable bonds is 2. The monoisotopic (exact) mass is 282 g/mol. The van der Waals surface area contributed by atoms with E-state index in [4.69, 9.17) is 0 Å². The quantitative estimate of drug-likeness (QED) is 0.829. The lowest BCUT2D eigenvalue weighted by Gasteiger charge is -2.38. The van der Waals surface area contributed by atoms with Crippen molar-refractivity contribution >= 4 is 11.9 Å². The van der Waals surface area contributed by atoms with Crippen LogP contribution in [0.2, 0.25) is 0 Å². The van der Waals surface area contributed by atoms with Crippen molar-refractivity contribution in [2.75, 3.05) is 29.4 Å². The molecule has 0 radical (unpaired) electrons. The van der Waals surface area contributed by atoms with Gasteiger partial charge in [-0.15, -0.1) is 0 Å². The molecule has 0 bridgehead atoms. The predicted octanol–water partition coefficient (Wildman–Crippen LogP) is 1.37. The van der Waals surface area contributed by atoms with Crippen LogP contribution < -0.4 is 9.80 Å². The fourth-order valence-electron chi connectivity index (χ4n) is 3.46. The Balaban J connectivity index is 1.56. The first kappa shape index (κ1) is 12.5. The van der Waals surface area contributed by atoms with Gasteiger partial charge in [0.05, 0.1) is 6.04 Å². The average molecular weight is 282 g/mol. The highest BCUT2D eigenvalue weighted by molar-refractivity contribution is 5.38. The Hall–Kier alpha value is -2.24. The minimum atomic E-state index is 0.463. The van der Waals surface area contributed by atoms with Crippen molar-refractivity contribution in [3.63, 3.8) is 0 Å². The van der Waals surface area contributed by atoms with Gasteiger partial charge in [0.15, 0.2) is 0 Å². The SMILES string of the molecule is c1cnc(N2CCC3CCN(c4ncccn4)C3C2)nc1. The third-order valence-electron chi connectivity index (χ3n) is 4.51. The molecule has 0 saturated carbocycles. The maximum atomic E-state index is 4.41. The maximum Gasteiger partial charge on any atom is 0.225 e. The Morgan fingerprint density at radius 1 is 0.810 bits per heavy atom. The lowest BCUT2D eigenvalue weighted by molar-refractivity contribution is 0.386. The predicted molar refractivity (Wildman–Crippen MR) is 80.1 cm³/mol. The molecule has 2 aromatic heterocycles. The molecule has 2 aromatic rings. The average Bonchev–Trinajstić information content (AvgIpc) is 2.99. The summed E-state index contributed by atoms with van der Waals surface area (Å²) < 4.78 is 0. The van der Waals surface area contributed by atoms with Gasteiger partial charge in [-0.3, -0.25) is 0 Å². The molecule has 108 valence electrons. The Morgan fingerprint density at radius 2 is 1.43 bits per heavy atom. The Morgan fingerprint density at radius 3 is 2.14 bits per heavy atom. The first-order chi connectivity index (χ1) is 10.4. The number of hydrogen-bond acceptors (Lipinski definition) is 6. The van der Waals surface area contributed by atoms with Gasteiger partial charge in [-0.1, -0.05) is 0 Å². The van der Waals surface area contributed by atoms with Crippen molar-refractivity contribution in [3.05, 3.63) is 36.9 Å². The topological polar surface area (TPSA) is 58.0 Å². The second-order valence-corrected chi connectivity index (χ2v) is 5.64. The van der Waals surface area contributed by atoms with Crippen molar-refractivity contribution in [1.29, 1.82) is 0 Å². The number of anilines is 2. The Kier molecular flexibility index (Phi) is 3.14. The van der Waals surface area contributed by atoms with Crippen LogP contribution in [0.4, 0.5) is 11.9 Å². The van der Waals surface area contributed by atoms with E-state index in [1.807, 2.05) is 24.5 Å². The van der Waals surface area contributed by atoms with Crippen LogP contribution in [0.15, 0.2) is 36.9 Å². The number of piperidine rings is 1. The van der Waals surface area contributed by atoms with Gasteiger partial charge in [-0.25, -0.2) is 19.9 Å². The Bertz CT molecular complexity index is 590. The molecule has 2 unspecified atom stereocenters. The molecule has 2 fully saturated rings. The molecule has 6 heteroatoms. The van der Waals surface area contributed by atoms with E-state index in [1.165, 1.54) is 12.8 Å². The fourth-order valence-corrected chi connectivity index (χ4v) is 3.46. The van der Waals surface area contributed by atoms with Gasteiger partial charge in [0.25, 0.3) is 0 Å². The maximum absolute atomic E-state index is 4.41. The number of hydrogen-bond donors (Lipinski definition) is 0. The minimum absolute atomic E-state index is 0.463. The van der Waals surface area contributed by atoms with E-state index < -0.39 is 0 Å². The molecule has 2 aliphatic rings. The van der Waals surface area contributed by atoms with Crippen molar-refractivity contribution in [3.8, 4) is 0 Å². The fraction of sp³-hybridized carbons (Fsp3) is 0.467. The van der Waals surface area contributed by atoms with Crippen LogP contribution in [0.1, 0.15) is 12.8 Å². The van der Waals surface area contributed by atoms with E-state index in [0.717, 1.165) is 37.4 Å². The highest BCUT2D eigenvalue weighted by Gasteiger charge is 2.39. The molecule has 21 heavy (non-hydrogen) atoms. The number of fused-ring (bicyclic) bond motifs is 1. The molecule has 0 amide bonds. The molecule has 2 saturated heterocycles. The van der Waals surface area contributed by atoms with Crippen molar-refractivity contribution < 1.29 is 0 Å². The zero-order valence-electron chi connectivity index (χ0n) is 11.8. The highest BCUT2D eigenvalue weighted by Crippen LogP contribution is 2.34. The zero-order valence-corrected chi connectivity index (χ0v) is 11.8. The van der Waals surface area contributed by atoms with Crippen LogP contribution in [0, 0.1) is 5.92 Å². The van der Waals surface area contributed by atoms with Crippen molar-refractivity contribution in [2.45, 2.75) is 18.9 Å². The smallest absolute Gasteiger partial charge is 0.225 e. The van der Waals surface area contributed by atoms with E-state index >= 15 is 0 Å². The summed E-state index contributed by atoms with van der Waals surface area (Å²) in [6, 6.07) is 4.18. The van der Waals surface area contributed by atoms with E-state index in [9.17, 15) is 0 Å². The second kappa shape index (κ2) is 5.27. The van der Waals surface area contributed by atoms with Gasteiger partial charge in [0, 0.05) is 44.4 Å². The molecule has 0 spiro atoms. The molecule has 0 N–H and O–H groups in total. The molecule has 4 rings (SSSR count). The van der Waals surface area contributed by atoms with Gasteiger partial charge >= 0.3 is 0 Å². The van der Waals surface area contributed by atoms with Gasteiger partial charge < -0.3 is 9.80 Å². The standard InChI is InChI=1S/C15H18N6/c1-5-16-14(17-6-1)20-9-3-12-4-10-21(13(12)11-20)15-18-7-2-8-19-15/h1-2,5-8,12-13H,3-4,9-11H2. The molecule has 2 atom stereocenters. The molecule has 0 aromatic carbocycles. The van der Waals surface area contributed by atoms with E-state index in [0.29, 0.717) is 6.04 Å². The lowest BCUT2D eigenvalue weighted by Crippen LogP contribution is -2.49. The molecular weight excluding hydrogens is 264 g/mol. The first-order valence-electron chi connectivity index (χ1n) is 7.47. The first-order valence-corrected chi connectivity index (χ1v) is 7.47. The van der Waals surface area contributed by atoms with Gasteiger partial charge in [-0.2, -0.15) is 0 Å². The van der Waals surface area contributed by atoms with Crippen molar-refractivity contribution in [1.82, 2.24) is 19.9 Å². The summed E-state index contributed by atoms with van der Waals surface area (Å²) in [5.41, 5.74) is 0.